The number of nitro benzene ring substituents is 1. The Morgan fingerprint density at radius 3 is 2.86 bits per heavy atom. The highest BCUT2D eigenvalue weighted by molar-refractivity contribution is 5.43. The van der Waals surface area contributed by atoms with Crippen LogP contribution in [0.1, 0.15) is 18.2 Å². The van der Waals surface area contributed by atoms with Gasteiger partial charge in [-0.3, -0.25) is 15.1 Å². The number of benzene rings is 1. The van der Waals surface area contributed by atoms with Gasteiger partial charge in [-0.15, -0.1) is 0 Å². The number of aromatic nitrogens is 1. The lowest BCUT2D eigenvalue weighted by Gasteiger charge is -2.11. The Labute approximate surface area is 122 Å². The van der Waals surface area contributed by atoms with Gasteiger partial charge in [-0.1, -0.05) is 13.0 Å². The normalized spacial score (nSPS) is 10.3. The molecule has 1 heterocycles. The van der Waals surface area contributed by atoms with Gasteiger partial charge in [-0.05, 0) is 24.7 Å². The van der Waals surface area contributed by atoms with Gasteiger partial charge in [0.2, 0.25) is 0 Å². The molecule has 0 spiro atoms. The zero-order chi connectivity index (χ0) is 15.1. The third kappa shape index (κ3) is 4.25. The number of nitrogens with zero attached hydrogens (tertiary/aromatic N) is 2. The van der Waals surface area contributed by atoms with Crippen LogP contribution in [0.25, 0.3) is 0 Å². The van der Waals surface area contributed by atoms with Crippen molar-refractivity contribution in [3.05, 3.63) is 64.0 Å². The molecule has 6 nitrogen and oxygen atoms in total. The third-order valence-electron chi connectivity index (χ3n) is 2.92. The van der Waals surface area contributed by atoms with Crippen molar-refractivity contribution < 1.29 is 9.66 Å². The van der Waals surface area contributed by atoms with Gasteiger partial charge in [-0.2, -0.15) is 0 Å². The molecule has 0 amide bonds. The summed E-state index contributed by atoms with van der Waals surface area (Å²) >= 11 is 0. The molecule has 21 heavy (non-hydrogen) atoms. The van der Waals surface area contributed by atoms with Gasteiger partial charge < -0.3 is 10.1 Å². The highest BCUT2D eigenvalue weighted by Crippen LogP contribution is 2.24. The molecule has 0 aliphatic heterocycles. The van der Waals surface area contributed by atoms with Crippen LogP contribution in [0.5, 0.6) is 5.75 Å². The number of hydrogen-bond acceptors (Lipinski definition) is 5. The van der Waals surface area contributed by atoms with E-state index in [0.29, 0.717) is 18.9 Å². The van der Waals surface area contributed by atoms with E-state index in [1.807, 2.05) is 25.1 Å². The van der Waals surface area contributed by atoms with Crippen molar-refractivity contribution in [2.45, 2.75) is 20.1 Å². The number of non-ortho nitro benzene ring substituents is 1. The van der Waals surface area contributed by atoms with E-state index in [1.165, 1.54) is 12.1 Å². The summed E-state index contributed by atoms with van der Waals surface area (Å²) < 4.78 is 5.73. The van der Waals surface area contributed by atoms with Crippen LogP contribution in [0, 0.1) is 10.1 Å². The molecular formula is C15H17N3O3. The van der Waals surface area contributed by atoms with Crippen LogP contribution in [0.4, 0.5) is 5.69 Å². The Kier molecular flexibility index (Phi) is 5.22. The number of pyridine rings is 1. The fourth-order valence-corrected chi connectivity index (χ4v) is 1.85. The highest BCUT2D eigenvalue weighted by Gasteiger charge is 2.11. The Morgan fingerprint density at radius 2 is 2.19 bits per heavy atom. The molecule has 0 aliphatic rings. The van der Waals surface area contributed by atoms with Gasteiger partial charge in [0, 0.05) is 30.4 Å². The number of rotatable bonds is 7. The summed E-state index contributed by atoms with van der Waals surface area (Å²) in [6.07, 6.45) is 1.70. The Balaban J connectivity index is 2.14. The first-order chi connectivity index (χ1) is 10.2. The van der Waals surface area contributed by atoms with E-state index in [-0.39, 0.29) is 5.69 Å². The van der Waals surface area contributed by atoms with Gasteiger partial charge >= 0.3 is 0 Å². The largest absolute Gasteiger partial charge is 0.487 e. The summed E-state index contributed by atoms with van der Waals surface area (Å²) in [7, 11) is 0. The minimum absolute atomic E-state index is 0.0630. The van der Waals surface area contributed by atoms with Gasteiger partial charge in [-0.25, -0.2) is 0 Å². The predicted octanol–water partition coefficient (Wildman–Crippen LogP) is 2.68. The molecule has 6 heteroatoms. The van der Waals surface area contributed by atoms with Crippen LogP contribution in [-0.2, 0) is 13.2 Å². The van der Waals surface area contributed by atoms with Gasteiger partial charge in [0.1, 0.15) is 12.4 Å². The molecule has 0 fully saturated rings. The zero-order valence-electron chi connectivity index (χ0n) is 11.8. The smallest absolute Gasteiger partial charge is 0.270 e. The van der Waals surface area contributed by atoms with E-state index >= 15 is 0 Å². The molecule has 0 unspecified atom stereocenters. The molecule has 0 saturated carbocycles. The quantitative estimate of drug-likeness (QED) is 0.625. The first kappa shape index (κ1) is 14.9. The van der Waals surface area contributed by atoms with Crippen LogP contribution < -0.4 is 10.1 Å². The van der Waals surface area contributed by atoms with Crippen molar-refractivity contribution in [3.8, 4) is 5.75 Å². The van der Waals surface area contributed by atoms with Crippen LogP contribution in [0.3, 0.4) is 0 Å². The lowest BCUT2D eigenvalue weighted by atomic mass is 10.1. The molecule has 0 atom stereocenters. The molecule has 0 radical (unpaired) electrons. The molecule has 1 N–H and O–H groups in total. The van der Waals surface area contributed by atoms with E-state index in [9.17, 15) is 10.1 Å². The average molecular weight is 287 g/mol. The van der Waals surface area contributed by atoms with Crippen molar-refractivity contribution in [2.75, 3.05) is 6.54 Å². The summed E-state index contributed by atoms with van der Waals surface area (Å²) in [5.41, 5.74) is 1.64. The summed E-state index contributed by atoms with van der Waals surface area (Å²) in [5.74, 6) is 0.632. The van der Waals surface area contributed by atoms with Gasteiger partial charge in [0.25, 0.3) is 5.69 Å². The maximum atomic E-state index is 10.9. The van der Waals surface area contributed by atoms with Crippen molar-refractivity contribution in [2.24, 2.45) is 0 Å². The second-order valence-corrected chi connectivity index (χ2v) is 4.44. The first-order valence-corrected chi connectivity index (χ1v) is 6.71. The topological polar surface area (TPSA) is 77.3 Å². The van der Waals surface area contributed by atoms with E-state index in [0.717, 1.165) is 17.8 Å². The Morgan fingerprint density at radius 1 is 1.33 bits per heavy atom. The second kappa shape index (κ2) is 7.35. The van der Waals surface area contributed by atoms with Crippen molar-refractivity contribution in [1.82, 2.24) is 10.3 Å². The molecule has 1 aromatic carbocycles. The highest BCUT2D eigenvalue weighted by atomic mass is 16.6. The molecule has 2 aromatic rings. The second-order valence-electron chi connectivity index (χ2n) is 4.44. The predicted molar refractivity (Wildman–Crippen MR) is 79.0 cm³/mol. The van der Waals surface area contributed by atoms with Gasteiger partial charge in [0.15, 0.2) is 0 Å². The van der Waals surface area contributed by atoms with E-state index in [1.54, 1.807) is 12.3 Å². The molecule has 110 valence electrons. The first-order valence-electron chi connectivity index (χ1n) is 6.71. The van der Waals surface area contributed by atoms with Crippen molar-refractivity contribution in [1.29, 1.82) is 0 Å². The van der Waals surface area contributed by atoms with Crippen LogP contribution in [0.2, 0.25) is 0 Å². The fourth-order valence-electron chi connectivity index (χ4n) is 1.85. The average Bonchev–Trinajstić information content (AvgIpc) is 2.52. The van der Waals surface area contributed by atoms with Crippen molar-refractivity contribution in [3.63, 3.8) is 0 Å². The van der Waals surface area contributed by atoms with Crippen LogP contribution in [-0.4, -0.2) is 16.5 Å². The maximum absolute atomic E-state index is 10.9. The number of nitro groups is 1. The summed E-state index contributed by atoms with van der Waals surface area (Å²) in [6.45, 7) is 3.61. The summed E-state index contributed by atoms with van der Waals surface area (Å²) in [6, 6.07) is 10.2. The number of hydrogen-bond donors (Lipinski definition) is 1. The summed E-state index contributed by atoms with van der Waals surface area (Å²) in [5, 5.41) is 14.0. The number of nitrogens with one attached hydrogen (secondary N) is 1. The third-order valence-corrected chi connectivity index (χ3v) is 2.92. The lowest BCUT2D eigenvalue weighted by Crippen LogP contribution is -2.13. The molecule has 2 rings (SSSR count). The molecule has 0 aliphatic carbocycles. The fraction of sp³-hybridized carbons (Fsp3) is 0.267. The minimum atomic E-state index is -0.405. The molecule has 0 bridgehead atoms. The Bertz CT molecular complexity index is 602. The van der Waals surface area contributed by atoms with E-state index in [4.69, 9.17) is 4.74 Å². The molecule has 1 aromatic heterocycles. The number of ether oxygens (including phenoxy) is 1. The maximum Gasteiger partial charge on any atom is 0.270 e. The lowest BCUT2D eigenvalue weighted by molar-refractivity contribution is -0.384. The SMILES string of the molecule is CCNCc1cc([N+](=O)[O-])ccc1OCc1ccccn1. The van der Waals surface area contributed by atoms with Gasteiger partial charge in [0.05, 0.1) is 10.6 Å². The molecular weight excluding hydrogens is 270 g/mol. The minimum Gasteiger partial charge on any atom is -0.487 e. The monoisotopic (exact) mass is 287 g/mol. The summed E-state index contributed by atoms with van der Waals surface area (Å²) in [4.78, 5) is 14.6. The molecule has 0 saturated heterocycles. The van der Waals surface area contributed by atoms with Crippen molar-refractivity contribution >= 4 is 5.69 Å². The van der Waals surface area contributed by atoms with E-state index < -0.39 is 4.92 Å². The van der Waals surface area contributed by atoms with Crippen LogP contribution in [0.15, 0.2) is 42.6 Å². The Hall–Kier alpha value is -2.47. The van der Waals surface area contributed by atoms with Crippen LogP contribution >= 0.6 is 0 Å². The standard InChI is InChI=1S/C15H17N3O3/c1-2-16-10-12-9-14(18(19)20)6-7-15(12)21-11-13-5-3-4-8-17-13/h3-9,16H,2,10-11H2,1H3. The zero-order valence-corrected chi connectivity index (χ0v) is 11.8. The van der Waals surface area contributed by atoms with E-state index in [2.05, 4.69) is 10.3 Å².